The number of hydrogen-bond acceptors (Lipinski definition) is 4. The van der Waals surface area contributed by atoms with Crippen LogP contribution in [0.3, 0.4) is 0 Å². The molecule has 0 amide bonds. The topological polar surface area (TPSA) is 91.8 Å². The van der Waals surface area contributed by atoms with E-state index in [1.807, 2.05) is 6.07 Å². The van der Waals surface area contributed by atoms with Gasteiger partial charge in [-0.2, -0.15) is 5.26 Å². The van der Waals surface area contributed by atoms with Crippen molar-refractivity contribution in [2.24, 2.45) is 0 Å². The Morgan fingerprint density at radius 3 is 3.00 bits per heavy atom. The molecule has 7 heteroatoms. The normalized spacial score (nSPS) is 10.0. The molecule has 0 unspecified atom stereocenters. The standard InChI is InChI=1S/C11H7ClN4O2/c12-9-2-1-7(5-13)3-10(9)16-8(4-11(17)18)6-14-15-16/h1-3,6H,4H2,(H,17,18). The average molecular weight is 263 g/mol. The second kappa shape index (κ2) is 4.85. The van der Waals surface area contributed by atoms with Crippen molar-refractivity contribution in [2.75, 3.05) is 0 Å². The van der Waals surface area contributed by atoms with Crippen LogP contribution in [0.2, 0.25) is 5.02 Å². The fraction of sp³-hybridized carbons (Fsp3) is 0.0909. The second-order valence-electron chi connectivity index (χ2n) is 3.49. The number of benzene rings is 1. The maximum absolute atomic E-state index is 10.7. The highest BCUT2D eigenvalue weighted by Crippen LogP contribution is 2.22. The molecule has 1 aromatic heterocycles. The summed E-state index contributed by atoms with van der Waals surface area (Å²) < 4.78 is 1.32. The Morgan fingerprint density at radius 2 is 2.33 bits per heavy atom. The van der Waals surface area contributed by atoms with E-state index >= 15 is 0 Å². The van der Waals surface area contributed by atoms with E-state index in [2.05, 4.69) is 10.3 Å². The first-order valence-electron chi connectivity index (χ1n) is 4.93. The lowest BCUT2D eigenvalue weighted by Gasteiger charge is -2.06. The minimum absolute atomic E-state index is 0.222. The third-order valence-corrected chi connectivity index (χ3v) is 2.58. The predicted octanol–water partition coefficient (Wildman–Crippen LogP) is 1.42. The number of nitrogens with zero attached hydrogens (tertiary/aromatic N) is 4. The van der Waals surface area contributed by atoms with Gasteiger partial charge in [0.05, 0.1) is 40.7 Å². The summed E-state index contributed by atoms with van der Waals surface area (Å²) in [5.74, 6) is -0.994. The summed E-state index contributed by atoms with van der Waals surface area (Å²) >= 11 is 6.01. The van der Waals surface area contributed by atoms with Crippen LogP contribution in [0.1, 0.15) is 11.3 Å². The molecule has 0 fully saturated rings. The van der Waals surface area contributed by atoms with E-state index < -0.39 is 5.97 Å². The van der Waals surface area contributed by atoms with Crippen LogP contribution in [0, 0.1) is 11.3 Å². The molecule has 0 aliphatic carbocycles. The molecular weight excluding hydrogens is 256 g/mol. The molecule has 1 aromatic carbocycles. The van der Waals surface area contributed by atoms with Crippen LogP contribution in [0.4, 0.5) is 0 Å². The molecule has 0 aliphatic heterocycles. The summed E-state index contributed by atoms with van der Waals surface area (Å²) in [7, 11) is 0. The Morgan fingerprint density at radius 1 is 1.56 bits per heavy atom. The van der Waals surface area contributed by atoms with Crippen LogP contribution in [0.5, 0.6) is 0 Å². The number of hydrogen-bond donors (Lipinski definition) is 1. The van der Waals surface area contributed by atoms with Gasteiger partial charge in [0.1, 0.15) is 0 Å². The molecular formula is C11H7ClN4O2. The largest absolute Gasteiger partial charge is 0.481 e. The summed E-state index contributed by atoms with van der Waals surface area (Å²) in [4.78, 5) is 10.7. The number of aromatic nitrogens is 3. The van der Waals surface area contributed by atoms with Crippen LogP contribution in [0.25, 0.3) is 5.69 Å². The minimum atomic E-state index is -0.994. The lowest BCUT2D eigenvalue weighted by atomic mass is 10.2. The first-order chi connectivity index (χ1) is 8.61. The van der Waals surface area contributed by atoms with Crippen molar-refractivity contribution < 1.29 is 9.90 Å². The molecule has 18 heavy (non-hydrogen) atoms. The number of carboxylic acids is 1. The van der Waals surface area contributed by atoms with Crippen LogP contribution < -0.4 is 0 Å². The highest BCUT2D eigenvalue weighted by Gasteiger charge is 2.13. The summed E-state index contributed by atoms with van der Waals surface area (Å²) in [5, 5.41) is 25.4. The van der Waals surface area contributed by atoms with Crippen molar-refractivity contribution in [3.8, 4) is 11.8 Å². The lowest BCUT2D eigenvalue weighted by molar-refractivity contribution is -0.136. The molecule has 0 bridgehead atoms. The molecule has 6 nitrogen and oxygen atoms in total. The quantitative estimate of drug-likeness (QED) is 0.903. The van der Waals surface area contributed by atoms with Gasteiger partial charge in [0.25, 0.3) is 0 Å². The second-order valence-corrected chi connectivity index (χ2v) is 3.89. The molecule has 0 saturated carbocycles. The van der Waals surface area contributed by atoms with Crippen molar-refractivity contribution in [1.82, 2.24) is 15.0 Å². The number of nitriles is 1. The zero-order valence-corrected chi connectivity index (χ0v) is 9.79. The Balaban J connectivity index is 2.52. The van der Waals surface area contributed by atoms with Gasteiger partial charge in [-0.1, -0.05) is 16.8 Å². The zero-order valence-electron chi connectivity index (χ0n) is 9.04. The molecule has 0 aliphatic rings. The van der Waals surface area contributed by atoms with Crippen LogP contribution >= 0.6 is 11.6 Å². The number of carboxylic acid groups (broad SMARTS) is 1. The van der Waals surface area contributed by atoms with Gasteiger partial charge in [0.2, 0.25) is 0 Å². The molecule has 0 atom stereocenters. The van der Waals surface area contributed by atoms with Gasteiger partial charge in [0, 0.05) is 0 Å². The molecule has 2 rings (SSSR count). The van der Waals surface area contributed by atoms with E-state index in [9.17, 15) is 4.79 Å². The fourth-order valence-electron chi connectivity index (χ4n) is 1.48. The van der Waals surface area contributed by atoms with E-state index in [-0.39, 0.29) is 6.42 Å². The van der Waals surface area contributed by atoms with E-state index in [0.29, 0.717) is 22.0 Å². The number of halogens is 1. The van der Waals surface area contributed by atoms with Crippen molar-refractivity contribution in [3.63, 3.8) is 0 Å². The Labute approximate surface area is 107 Å². The van der Waals surface area contributed by atoms with E-state index in [1.165, 1.54) is 16.9 Å². The summed E-state index contributed by atoms with van der Waals surface area (Å²) in [6.45, 7) is 0. The molecule has 90 valence electrons. The predicted molar refractivity (Wildman–Crippen MR) is 62.4 cm³/mol. The van der Waals surface area contributed by atoms with Crippen molar-refractivity contribution in [3.05, 3.63) is 40.7 Å². The molecule has 0 spiro atoms. The third-order valence-electron chi connectivity index (χ3n) is 2.26. The summed E-state index contributed by atoms with van der Waals surface area (Å²) in [6, 6.07) is 6.64. The Hall–Kier alpha value is -2.39. The fourth-order valence-corrected chi connectivity index (χ4v) is 1.68. The average Bonchev–Trinajstić information content (AvgIpc) is 2.77. The monoisotopic (exact) mass is 262 g/mol. The third kappa shape index (κ3) is 2.31. The molecule has 1 heterocycles. The van der Waals surface area contributed by atoms with E-state index in [4.69, 9.17) is 22.0 Å². The van der Waals surface area contributed by atoms with Gasteiger partial charge >= 0.3 is 5.97 Å². The van der Waals surface area contributed by atoms with Gasteiger partial charge in [-0.3, -0.25) is 4.79 Å². The molecule has 0 saturated heterocycles. The van der Waals surface area contributed by atoms with Gasteiger partial charge in [-0.25, -0.2) is 4.68 Å². The highest BCUT2D eigenvalue weighted by atomic mass is 35.5. The minimum Gasteiger partial charge on any atom is -0.481 e. The first kappa shape index (κ1) is 12.1. The van der Waals surface area contributed by atoms with Crippen LogP contribution in [-0.4, -0.2) is 26.1 Å². The zero-order chi connectivity index (χ0) is 13.1. The lowest BCUT2D eigenvalue weighted by Crippen LogP contribution is -2.08. The first-order valence-corrected chi connectivity index (χ1v) is 5.31. The van der Waals surface area contributed by atoms with Crippen molar-refractivity contribution in [1.29, 1.82) is 5.26 Å². The van der Waals surface area contributed by atoms with E-state index in [0.717, 1.165) is 0 Å². The summed E-state index contributed by atoms with van der Waals surface area (Å²) in [6.07, 6.45) is 1.13. The van der Waals surface area contributed by atoms with Crippen LogP contribution in [0.15, 0.2) is 24.4 Å². The van der Waals surface area contributed by atoms with Gasteiger partial charge in [0.15, 0.2) is 0 Å². The van der Waals surface area contributed by atoms with E-state index in [1.54, 1.807) is 12.1 Å². The summed E-state index contributed by atoms with van der Waals surface area (Å²) in [5.41, 5.74) is 1.23. The molecule has 2 aromatic rings. The SMILES string of the molecule is N#Cc1ccc(Cl)c(-n2nncc2CC(=O)O)c1. The van der Waals surface area contributed by atoms with Gasteiger partial charge in [-0.15, -0.1) is 5.10 Å². The maximum atomic E-state index is 10.7. The van der Waals surface area contributed by atoms with Crippen molar-refractivity contribution >= 4 is 17.6 Å². The smallest absolute Gasteiger partial charge is 0.309 e. The van der Waals surface area contributed by atoms with Crippen molar-refractivity contribution in [2.45, 2.75) is 6.42 Å². The number of carbonyl (C=O) groups is 1. The van der Waals surface area contributed by atoms with Gasteiger partial charge in [-0.05, 0) is 18.2 Å². The Kier molecular flexibility index (Phi) is 3.26. The number of rotatable bonds is 3. The maximum Gasteiger partial charge on any atom is 0.309 e. The molecule has 1 N–H and O–H groups in total. The number of aliphatic carboxylic acids is 1. The highest BCUT2D eigenvalue weighted by molar-refractivity contribution is 6.32. The van der Waals surface area contributed by atoms with Crippen LogP contribution in [-0.2, 0) is 11.2 Å². The van der Waals surface area contributed by atoms with Gasteiger partial charge < -0.3 is 5.11 Å². The Bertz CT molecular complexity index is 645. The molecule has 0 radical (unpaired) electrons.